The molecule has 0 bridgehead atoms. The first-order valence-corrected chi connectivity index (χ1v) is 6.94. The molecule has 0 saturated heterocycles. The van der Waals surface area contributed by atoms with Crippen molar-refractivity contribution in [1.29, 1.82) is 0 Å². The second-order valence-electron chi connectivity index (χ2n) is 4.94. The minimum atomic E-state index is -0.0372. The van der Waals surface area contributed by atoms with Gasteiger partial charge in [0.05, 0.1) is 5.71 Å². The number of nitrogens with one attached hydrogen (secondary N) is 1. The zero-order valence-electron chi connectivity index (χ0n) is 11.6. The fraction of sp³-hybridized carbons (Fsp3) is 0.357. The van der Waals surface area contributed by atoms with Gasteiger partial charge in [0.2, 0.25) is 5.91 Å². The monoisotopic (exact) mass is 290 g/mol. The second-order valence-corrected chi connectivity index (χ2v) is 5.36. The highest BCUT2D eigenvalue weighted by Crippen LogP contribution is 2.19. The summed E-state index contributed by atoms with van der Waals surface area (Å²) in [5.74, 6) is -0.0372. The van der Waals surface area contributed by atoms with E-state index in [0.717, 1.165) is 17.0 Å². The van der Waals surface area contributed by atoms with Gasteiger partial charge in [0.15, 0.2) is 5.11 Å². The van der Waals surface area contributed by atoms with Gasteiger partial charge in [-0.2, -0.15) is 5.10 Å². The number of hydrogen-bond donors (Lipinski definition) is 2. The van der Waals surface area contributed by atoms with Crippen LogP contribution in [0, 0.1) is 0 Å². The van der Waals surface area contributed by atoms with Gasteiger partial charge < -0.3 is 10.6 Å². The molecule has 1 heterocycles. The Morgan fingerprint density at radius 3 is 2.45 bits per heavy atom. The summed E-state index contributed by atoms with van der Waals surface area (Å²) in [5.41, 5.74) is 11.1. The number of hydrazone groups is 1. The Balaban J connectivity index is 2.22. The van der Waals surface area contributed by atoms with Crippen LogP contribution < -0.4 is 16.1 Å². The number of anilines is 1. The molecule has 1 aromatic rings. The first-order chi connectivity index (χ1) is 9.49. The van der Waals surface area contributed by atoms with Crippen molar-refractivity contribution in [1.82, 2.24) is 5.43 Å². The normalized spacial score (nSPS) is 14.8. The summed E-state index contributed by atoms with van der Waals surface area (Å²) < 4.78 is 0. The Hall–Kier alpha value is -1.95. The lowest BCUT2D eigenvalue weighted by molar-refractivity contribution is -0.121. The molecule has 1 aliphatic heterocycles. The lowest BCUT2D eigenvalue weighted by Gasteiger charge is -2.27. The van der Waals surface area contributed by atoms with Crippen LogP contribution in [0.5, 0.6) is 0 Å². The fourth-order valence-corrected chi connectivity index (χ4v) is 2.49. The van der Waals surface area contributed by atoms with E-state index in [1.54, 1.807) is 0 Å². The Bertz CT molecular complexity index is 551. The highest BCUT2D eigenvalue weighted by molar-refractivity contribution is 7.80. The van der Waals surface area contributed by atoms with Crippen LogP contribution in [0.1, 0.15) is 32.3 Å². The lowest BCUT2D eigenvalue weighted by Crippen LogP contribution is -2.40. The molecular weight excluding hydrogens is 272 g/mol. The molecule has 0 spiro atoms. The molecule has 1 aliphatic rings. The number of benzene rings is 1. The molecule has 0 aromatic heterocycles. The molecule has 0 fully saturated rings. The van der Waals surface area contributed by atoms with E-state index in [9.17, 15) is 4.79 Å². The minimum Gasteiger partial charge on any atom is -0.376 e. The SMILES string of the molecule is CC(C)N(C(N)=S)c1ccc(C2=NNC(=O)CC2)cc1. The molecule has 1 amide bonds. The summed E-state index contributed by atoms with van der Waals surface area (Å²) in [7, 11) is 0. The quantitative estimate of drug-likeness (QED) is 0.832. The molecule has 3 N–H and O–H groups in total. The van der Waals surface area contributed by atoms with E-state index < -0.39 is 0 Å². The number of rotatable bonds is 3. The molecule has 0 atom stereocenters. The van der Waals surface area contributed by atoms with Crippen LogP contribution in [0.4, 0.5) is 5.69 Å². The Labute approximate surface area is 123 Å². The van der Waals surface area contributed by atoms with E-state index in [4.69, 9.17) is 18.0 Å². The molecule has 0 radical (unpaired) electrons. The summed E-state index contributed by atoms with van der Waals surface area (Å²) >= 11 is 5.08. The Morgan fingerprint density at radius 1 is 1.35 bits per heavy atom. The number of nitrogens with zero attached hydrogens (tertiary/aromatic N) is 2. The zero-order valence-corrected chi connectivity index (χ0v) is 12.4. The smallest absolute Gasteiger partial charge is 0.240 e. The highest BCUT2D eigenvalue weighted by Gasteiger charge is 2.16. The number of nitrogens with two attached hydrogens (primary N) is 1. The first kappa shape index (κ1) is 14.5. The number of thiocarbonyl (C=S) groups is 1. The molecule has 1 aromatic carbocycles. The van der Waals surface area contributed by atoms with Crippen LogP contribution in [-0.4, -0.2) is 22.8 Å². The Morgan fingerprint density at radius 2 is 2.00 bits per heavy atom. The molecule has 2 rings (SSSR count). The average Bonchev–Trinajstić information content (AvgIpc) is 2.40. The summed E-state index contributed by atoms with van der Waals surface area (Å²) in [6.07, 6.45) is 1.14. The van der Waals surface area contributed by atoms with Crippen molar-refractivity contribution >= 4 is 34.6 Å². The van der Waals surface area contributed by atoms with Crippen LogP contribution in [-0.2, 0) is 4.79 Å². The molecule has 5 nitrogen and oxygen atoms in total. The number of amides is 1. The third-order valence-electron chi connectivity index (χ3n) is 3.14. The van der Waals surface area contributed by atoms with Gasteiger partial charge in [-0.3, -0.25) is 4.79 Å². The van der Waals surface area contributed by atoms with Crippen molar-refractivity contribution in [3.63, 3.8) is 0 Å². The van der Waals surface area contributed by atoms with Crippen molar-refractivity contribution < 1.29 is 4.79 Å². The standard InChI is InChI=1S/C14H18N4OS/c1-9(2)18(14(15)20)11-5-3-10(4-6-11)12-7-8-13(19)17-16-12/h3-6,9H,7-8H2,1-2H3,(H2,15,20)(H,17,19). The molecule has 0 aliphatic carbocycles. The third-order valence-corrected chi connectivity index (χ3v) is 3.33. The number of hydrogen-bond acceptors (Lipinski definition) is 3. The van der Waals surface area contributed by atoms with Gasteiger partial charge in [-0.15, -0.1) is 0 Å². The topological polar surface area (TPSA) is 70.7 Å². The summed E-state index contributed by atoms with van der Waals surface area (Å²) in [6.45, 7) is 4.07. The summed E-state index contributed by atoms with van der Waals surface area (Å²) in [4.78, 5) is 13.0. The van der Waals surface area contributed by atoms with Gasteiger partial charge in [-0.1, -0.05) is 12.1 Å². The van der Waals surface area contributed by atoms with Crippen molar-refractivity contribution in [2.45, 2.75) is 32.7 Å². The predicted octanol–water partition coefficient (Wildman–Crippen LogP) is 1.76. The number of carbonyl (C=O) groups excluding carboxylic acids is 1. The largest absolute Gasteiger partial charge is 0.376 e. The van der Waals surface area contributed by atoms with Crippen molar-refractivity contribution in [3.8, 4) is 0 Å². The maximum Gasteiger partial charge on any atom is 0.240 e. The third kappa shape index (κ3) is 3.14. The minimum absolute atomic E-state index is 0.0372. The molecule has 106 valence electrons. The molecule has 6 heteroatoms. The van der Waals surface area contributed by atoms with Gasteiger partial charge in [0.1, 0.15) is 0 Å². The summed E-state index contributed by atoms with van der Waals surface area (Å²) in [6, 6.07) is 8.07. The maximum atomic E-state index is 11.1. The lowest BCUT2D eigenvalue weighted by atomic mass is 10.0. The predicted molar refractivity (Wildman–Crippen MR) is 84.8 cm³/mol. The van der Waals surface area contributed by atoms with Crippen LogP contribution in [0.3, 0.4) is 0 Å². The fourth-order valence-electron chi connectivity index (χ4n) is 2.18. The van der Waals surface area contributed by atoms with Crippen molar-refractivity contribution in [3.05, 3.63) is 29.8 Å². The van der Waals surface area contributed by atoms with Gasteiger partial charge in [0.25, 0.3) is 0 Å². The van der Waals surface area contributed by atoms with Crippen LogP contribution in [0.2, 0.25) is 0 Å². The van der Waals surface area contributed by atoms with E-state index in [1.165, 1.54) is 0 Å². The van der Waals surface area contributed by atoms with Crippen molar-refractivity contribution in [2.75, 3.05) is 4.90 Å². The van der Waals surface area contributed by atoms with Crippen LogP contribution in [0.25, 0.3) is 0 Å². The van der Waals surface area contributed by atoms with Gasteiger partial charge >= 0.3 is 0 Å². The average molecular weight is 290 g/mol. The molecule has 0 saturated carbocycles. The molecule has 20 heavy (non-hydrogen) atoms. The van der Waals surface area contributed by atoms with Crippen molar-refractivity contribution in [2.24, 2.45) is 10.8 Å². The summed E-state index contributed by atoms with van der Waals surface area (Å²) in [5, 5.41) is 4.43. The van der Waals surface area contributed by atoms with E-state index in [0.29, 0.717) is 18.0 Å². The Kier molecular flexibility index (Phi) is 4.34. The first-order valence-electron chi connectivity index (χ1n) is 6.53. The van der Waals surface area contributed by atoms with E-state index in [2.05, 4.69) is 10.5 Å². The molecule has 0 unspecified atom stereocenters. The van der Waals surface area contributed by atoms with E-state index in [-0.39, 0.29) is 11.9 Å². The molecular formula is C14H18N4OS. The van der Waals surface area contributed by atoms with Crippen LogP contribution in [0.15, 0.2) is 29.4 Å². The second kappa shape index (κ2) is 6.00. The highest BCUT2D eigenvalue weighted by atomic mass is 32.1. The zero-order chi connectivity index (χ0) is 14.7. The number of carbonyl (C=O) groups is 1. The van der Waals surface area contributed by atoms with E-state index >= 15 is 0 Å². The van der Waals surface area contributed by atoms with Gasteiger partial charge in [-0.25, -0.2) is 5.43 Å². The van der Waals surface area contributed by atoms with Gasteiger partial charge in [0, 0.05) is 24.6 Å². The van der Waals surface area contributed by atoms with E-state index in [1.807, 2.05) is 43.0 Å². The van der Waals surface area contributed by atoms with Crippen LogP contribution >= 0.6 is 12.2 Å². The van der Waals surface area contributed by atoms with Gasteiger partial charge in [-0.05, 0) is 43.8 Å². The maximum absolute atomic E-state index is 11.1.